The molecule has 1 N–H and O–H groups in total. The fourth-order valence-electron chi connectivity index (χ4n) is 3.68. The maximum absolute atomic E-state index is 12.1. The van der Waals surface area contributed by atoms with Crippen molar-refractivity contribution in [3.05, 3.63) is 16.9 Å². The molecule has 1 rings (SSSR count). The molecule has 1 aromatic heterocycles. The number of unbranched alkanes of at least 4 members (excludes halogenated alkanes) is 15. The van der Waals surface area contributed by atoms with Crippen LogP contribution in [-0.2, 0) is 4.79 Å². The van der Waals surface area contributed by atoms with Crippen molar-refractivity contribution in [2.24, 2.45) is 0 Å². The van der Waals surface area contributed by atoms with Crippen molar-refractivity contribution in [3.63, 3.8) is 0 Å². The lowest BCUT2D eigenvalue weighted by Crippen LogP contribution is -2.31. The molecule has 4 nitrogen and oxygen atoms in total. The lowest BCUT2D eigenvalue weighted by molar-refractivity contribution is -0.124. The topological polar surface area (TPSA) is 46.9 Å². The molecule has 0 aliphatic rings. The van der Waals surface area contributed by atoms with Crippen LogP contribution >= 0.6 is 15.9 Å². The number of aromatic nitrogens is 2. The quantitative estimate of drug-likeness (QED) is 0.212. The van der Waals surface area contributed by atoms with Gasteiger partial charge in [-0.2, -0.15) is 5.10 Å². The van der Waals surface area contributed by atoms with Gasteiger partial charge < -0.3 is 5.32 Å². The molecule has 0 aromatic carbocycles. The summed E-state index contributed by atoms with van der Waals surface area (Å²) in [6, 6.07) is -0.262. The van der Waals surface area contributed by atoms with Crippen LogP contribution in [0.1, 0.15) is 123 Å². The average molecular weight is 471 g/mol. The number of amides is 1. The van der Waals surface area contributed by atoms with Crippen LogP contribution in [0.25, 0.3) is 0 Å². The minimum Gasteiger partial charge on any atom is -0.354 e. The average Bonchev–Trinajstić information content (AvgIpc) is 3.15. The van der Waals surface area contributed by atoms with E-state index < -0.39 is 0 Å². The molecule has 0 spiro atoms. The van der Waals surface area contributed by atoms with Crippen LogP contribution in [0.3, 0.4) is 0 Å². The standard InChI is InChI=1S/C24H44BrN3O/c1-3-4-5-6-7-8-9-10-11-12-13-14-15-16-17-18-19-26-24(29)22(2)28-21-23(25)20-27-28/h20-22H,3-19H2,1-2H3,(H,26,29). The maximum atomic E-state index is 12.1. The van der Waals surface area contributed by atoms with Crippen molar-refractivity contribution in [2.75, 3.05) is 6.54 Å². The first kappa shape index (κ1) is 26.2. The van der Waals surface area contributed by atoms with Gasteiger partial charge in [0.25, 0.3) is 0 Å². The first-order valence-electron chi connectivity index (χ1n) is 12.1. The highest BCUT2D eigenvalue weighted by atomic mass is 79.9. The summed E-state index contributed by atoms with van der Waals surface area (Å²) in [6.45, 7) is 4.93. The summed E-state index contributed by atoms with van der Waals surface area (Å²) in [5.74, 6) is 0.0431. The smallest absolute Gasteiger partial charge is 0.244 e. The Labute approximate surface area is 187 Å². The molecule has 0 saturated carbocycles. The minimum atomic E-state index is -0.262. The molecule has 1 unspecified atom stereocenters. The Hall–Kier alpha value is -0.840. The zero-order chi connectivity index (χ0) is 21.2. The molecule has 0 saturated heterocycles. The zero-order valence-corrected chi connectivity index (χ0v) is 20.5. The normalized spacial score (nSPS) is 12.2. The highest BCUT2D eigenvalue weighted by molar-refractivity contribution is 9.10. The first-order valence-corrected chi connectivity index (χ1v) is 12.9. The van der Waals surface area contributed by atoms with E-state index in [2.05, 4.69) is 33.3 Å². The summed E-state index contributed by atoms with van der Waals surface area (Å²) in [7, 11) is 0. The van der Waals surface area contributed by atoms with Crippen molar-refractivity contribution >= 4 is 21.8 Å². The fraction of sp³-hybridized carbons (Fsp3) is 0.833. The van der Waals surface area contributed by atoms with Gasteiger partial charge in [0, 0.05) is 12.7 Å². The van der Waals surface area contributed by atoms with Gasteiger partial charge in [-0.3, -0.25) is 9.48 Å². The lowest BCUT2D eigenvalue weighted by Gasteiger charge is -2.12. The molecule has 0 fully saturated rings. The van der Waals surface area contributed by atoms with E-state index in [1.807, 2.05) is 13.1 Å². The van der Waals surface area contributed by atoms with Crippen LogP contribution < -0.4 is 5.32 Å². The Morgan fingerprint density at radius 1 is 0.897 bits per heavy atom. The molecule has 1 heterocycles. The van der Waals surface area contributed by atoms with Crippen LogP contribution in [0.5, 0.6) is 0 Å². The second-order valence-electron chi connectivity index (χ2n) is 8.41. The van der Waals surface area contributed by atoms with Crippen LogP contribution in [0.4, 0.5) is 0 Å². The summed E-state index contributed by atoms with van der Waals surface area (Å²) in [5, 5.41) is 7.20. The third kappa shape index (κ3) is 13.9. The Morgan fingerprint density at radius 3 is 1.76 bits per heavy atom. The Balaban J connectivity index is 1.80. The minimum absolute atomic E-state index is 0.0431. The van der Waals surface area contributed by atoms with E-state index in [9.17, 15) is 4.79 Å². The van der Waals surface area contributed by atoms with Crippen molar-refractivity contribution < 1.29 is 4.79 Å². The number of carbonyl (C=O) groups is 1. The van der Waals surface area contributed by atoms with E-state index in [1.54, 1.807) is 10.9 Å². The third-order valence-electron chi connectivity index (χ3n) is 5.68. The lowest BCUT2D eigenvalue weighted by atomic mass is 10.0. The highest BCUT2D eigenvalue weighted by Gasteiger charge is 2.14. The molecule has 1 atom stereocenters. The molecule has 168 valence electrons. The zero-order valence-electron chi connectivity index (χ0n) is 18.9. The molecular formula is C24H44BrN3O. The number of hydrogen-bond acceptors (Lipinski definition) is 2. The van der Waals surface area contributed by atoms with Crippen LogP contribution in [0, 0.1) is 0 Å². The van der Waals surface area contributed by atoms with E-state index in [0.29, 0.717) is 0 Å². The number of halogens is 1. The summed E-state index contributed by atoms with van der Waals surface area (Å²) >= 11 is 3.36. The van der Waals surface area contributed by atoms with Gasteiger partial charge in [-0.25, -0.2) is 0 Å². The van der Waals surface area contributed by atoms with Gasteiger partial charge in [0.15, 0.2) is 0 Å². The van der Waals surface area contributed by atoms with Gasteiger partial charge in [-0.1, -0.05) is 103 Å². The Morgan fingerprint density at radius 2 is 1.34 bits per heavy atom. The number of hydrogen-bond donors (Lipinski definition) is 1. The fourth-order valence-corrected chi connectivity index (χ4v) is 3.98. The number of nitrogens with one attached hydrogen (secondary N) is 1. The van der Waals surface area contributed by atoms with Crippen LogP contribution in [-0.4, -0.2) is 22.2 Å². The second-order valence-corrected chi connectivity index (χ2v) is 9.32. The first-order chi connectivity index (χ1) is 14.1. The van der Waals surface area contributed by atoms with E-state index in [4.69, 9.17) is 0 Å². The molecule has 5 heteroatoms. The summed E-state index contributed by atoms with van der Waals surface area (Å²) in [4.78, 5) is 12.1. The highest BCUT2D eigenvalue weighted by Crippen LogP contribution is 2.14. The van der Waals surface area contributed by atoms with Crippen molar-refractivity contribution in [2.45, 2.75) is 123 Å². The van der Waals surface area contributed by atoms with Crippen LogP contribution in [0.2, 0.25) is 0 Å². The second kappa shape index (κ2) is 18.0. The van der Waals surface area contributed by atoms with E-state index in [0.717, 1.165) is 17.4 Å². The summed E-state index contributed by atoms with van der Waals surface area (Å²) in [6.07, 6.45) is 25.4. The maximum Gasteiger partial charge on any atom is 0.244 e. The molecule has 0 aliphatic heterocycles. The van der Waals surface area contributed by atoms with Crippen molar-refractivity contribution in [1.82, 2.24) is 15.1 Å². The number of carbonyl (C=O) groups excluding carboxylic acids is 1. The molecule has 0 aliphatic carbocycles. The molecule has 1 aromatic rings. The largest absolute Gasteiger partial charge is 0.354 e. The number of rotatable bonds is 19. The molecular weight excluding hydrogens is 426 g/mol. The van der Waals surface area contributed by atoms with Gasteiger partial charge in [0.2, 0.25) is 5.91 Å². The Bertz CT molecular complexity index is 518. The molecule has 1 amide bonds. The predicted molar refractivity (Wildman–Crippen MR) is 127 cm³/mol. The van der Waals surface area contributed by atoms with Gasteiger partial charge in [0.1, 0.15) is 6.04 Å². The monoisotopic (exact) mass is 469 g/mol. The van der Waals surface area contributed by atoms with Crippen molar-refractivity contribution in [3.8, 4) is 0 Å². The summed E-state index contributed by atoms with van der Waals surface area (Å²) in [5.41, 5.74) is 0. The van der Waals surface area contributed by atoms with Gasteiger partial charge in [0.05, 0.1) is 10.7 Å². The number of nitrogens with zero attached hydrogens (tertiary/aromatic N) is 2. The van der Waals surface area contributed by atoms with E-state index in [1.165, 1.54) is 96.3 Å². The third-order valence-corrected chi connectivity index (χ3v) is 6.09. The molecule has 0 radical (unpaired) electrons. The summed E-state index contributed by atoms with van der Waals surface area (Å²) < 4.78 is 2.59. The SMILES string of the molecule is CCCCCCCCCCCCCCCCCCNC(=O)C(C)n1cc(Br)cn1. The van der Waals surface area contributed by atoms with Gasteiger partial charge >= 0.3 is 0 Å². The van der Waals surface area contributed by atoms with Gasteiger partial charge in [-0.15, -0.1) is 0 Å². The predicted octanol–water partition coefficient (Wildman–Crippen LogP) is 7.58. The van der Waals surface area contributed by atoms with Gasteiger partial charge in [-0.05, 0) is 29.3 Å². The Kier molecular flexibility index (Phi) is 16.2. The van der Waals surface area contributed by atoms with E-state index in [-0.39, 0.29) is 11.9 Å². The molecule has 0 bridgehead atoms. The van der Waals surface area contributed by atoms with Crippen molar-refractivity contribution in [1.29, 1.82) is 0 Å². The molecule has 29 heavy (non-hydrogen) atoms. The van der Waals surface area contributed by atoms with Crippen LogP contribution in [0.15, 0.2) is 16.9 Å². The van der Waals surface area contributed by atoms with E-state index >= 15 is 0 Å².